The van der Waals surface area contributed by atoms with Crippen LogP contribution in [-0.4, -0.2) is 40.2 Å². The number of carbonyl (C=O) groups excluding carboxylic acids is 1. The summed E-state index contributed by atoms with van der Waals surface area (Å²) in [6.07, 6.45) is 7.09. The van der Waals surface area contributed by atoms with Gasteiger partial charge in [-0.3, -0.25) is 4.79 Å². The number of allylic oxidation sites excluding steroid dienone is 1. The maximum Gasteiger partial charge on any atom is 0.203 e. The third-order valence-electron chi connectivity index (χ3n) is 4.99. The molecule has 0 aliphatic carbocycles. The van der Waals surface area contributed by atoms with Crippen molar-refractivity contribution in [2.75, 3.05) is 39.3 Å². The molecule has 0 unspecified atom stereocenters. The summed E-state index contributed by atoms with van der Waals surface area (Å²) < 4.78 is 16.0. The average Bonchev–Trinajstić information content (AvgIpc) is 2.77. The van der Waals surface area contributed by atoms with Crippen molar-refractivity contribution in [1.29, 1.82) is 0 Å². The van der Waals surface area contributed by atoms with Gasteiger partial charge < -0.3 is 19.1 Å². The Hall–Kier alpha value is -2.95. The van der Waals surface area contributed by atoms with Crippen LogP contribution in [0.15, 0.2) is 42.5 Å². The minimum absolute atomic E-state index is 0.0426. The molecule has 2 aromatic rings. The summed E-state index contributed by atoms with van der Waals surface area (Å²) >= 11 is 0. The highest BCUT2D eigenvalue weighted by Crippen LogP contribution is 2.38. The molecule has 28 heavy (non-hydrogen) atoms. The van der Waals surface area contributed by atoms with E-state index in [4.69, 9.17) is 14.2 Å². The van der Waals surface area contributed by atoms with Gasteiger partial charge in [0, 0.05) is 24.3 Å². The Balaban J connectivity index is 1.74. The van der Waals surface area contributed by atoms with E-state index in [-0.39, 0.29) is 5.78 Å². The SMILES string of the molecule is COc1cc(/C=C/C(=O)c2ccc(N3CCCCC3)cc2)cc(OC)c1OC. The fraction of sp³-hybridized carbons (Fsp3) is 0.348. The molecule has 0 N–H and O–H groups in total. The van der Waals surface area contributed by atoms with E-state index < -0.39 is 0 Å². The van der Waals surface area contributed by atoms with Gasteiger partial charge in [-0.15, -0.1) is 0 Å². The summed E-state index contributed by atoms with van der Waals surface area (Å²) in [5.41, 5.74) is 2.65. The van der Waals surface area contributed by atoms with Crippen molar-refractivity contribution >= 4 is 17.5 Å². The molecule has 1 fully saturated rings. The average molecular weight is 381 g/mol. The van der Waals surface area contributed by atoms with Crippen LogP contribution >= 0.6 is 0 Å². The summed E-state index contributed by atoms with van der Waals surface area (Å²) in [6, 6.07) is 11.5. The Morgan fingerprint density at radius 1 is 0.893 bits per heavy atom. The van der Waals surface area contributed by atoms with Gasteiger partial charge in [0.1, 0.15) is 0 Å². The lowest BCUT2D eigenvalue weighted by Crippen LogP contribution is -2.29. The van der Waals surface area contributed by atoms with Crippen LogP contribution in [0.5, 0.6) is 17.2 Å². The molecule has 5 nitrogen and oxygen atoms in total. The summed E-state index contributed by atoms with van der Waals surface area (Å²) in [5, 5.41) is 0. The first kappa shape index (κ1) is 19.8. The molecular formula is C23H27NO4. The zero-order valence-corrected chi connectivity index (χ0v) is 16.7. The minimum Gasteiger partial charge on any atom is -0.493 e. The molecule has 3 rings (SSSR count). The van der Waals surface area contributed by atoms with Crippen LogP contribution in [0.2, 0.25) is 0 Å². The number of methoxy groups -OCH3 is 3. The van der Waals surface area contributed by atoms with Crippen LogP contribution in [0.3, 0.4) is 0 Å². The molecule has 1 heterocycles. The van der Waals surface area contributed by atoms with E-state index in [1.165, 1.54) is 24.9 Å². The smallest absolute Gasteiger partial charge is 0.203 e. The van der Waals surface area contributed by atoms with E-state index in [1.807, 2.05) is 36.4 Å². The van der Waals surface area contributed by atoms with Gasteiger partial charge >= 0.3 is 0 Å². The number of carbonyl (C=O) groups is 1. The maximum absolute atomic E-state index is 12.6. The number of hydrogen-bond donors (Lipinski definition) is 0. The molecule has 2 aromatic carbocycles. The number of anilines is 1. The summed E-state index contributed by atoms with van der Waals surface area (Å²) in [6.45, 7) is 2.18. The van der Waals surface area contributed by atoms with E-state index in [1.54, 1.807) is 33.5 Å². The van der Waals surface area contributed by atoms with E-state index in [0.29, 0.717) is 22.8 Å². The molecule has 1 aliphatic heterocycles. The molecule has 0 radical (unpaired) electrons. The quantitative estimate of drug-likeness (QED) is 0.518. The highest BCUT2D eigenvalue weighted by Gasteiger charge is 2.13. The van der Waals surface area contributed by atoms with Gasteiger partial charge in [0.25, 0.3) is 0 Å². The largest absolute Gasteiger partial charge is 0.493 e. The first-order chi connectivity index (χ1) is 13.7. The third kappa shape index (κ3) is 4.47. The highest BCUT2D eigenvalue weighted by atomic mass is 16.5. The predicted octanol–water partition coefficient (Wildman–Crippen LogP) is 4.60. The Morgan fingerprint density at radius 2 is 1.50 bits per heavy atom. The van der Waals surface area contributed by atoms with E-state index in [9.17, 15) is 4.79 Å². The predicted molar refractivity (Wildman–Crippen MR) is 112 cm³/mol. The van der Waals surface area contributed by atoms with Gasteiger partial charge in [0.15, 0.2) is 17.3 Å². The van der Waals surface area contributed by atoms with Gasteiger partial charge in [-0.1, -0.05) is 6.08 Å². The van der Waals surface area contributed by atoms with Crippen molar-refractivity contribution in [1.82, 2.24) is 0 Å². The number of piperidine rings is 1. The van der Waals surface area contributed by atoms with Crippen LogP contribution in [-0.2, 0) is 0 Å². The molecule has 0 aromatic heterocycles. The zero-order chi connectivity index (χ0) is 19.9. The molecule has 5 heteroatoms. The van der Waals surface area contributed by atoms with Crippen molar-refractivity contribution in [2.24, 2.45) is 0 Å². The number of nitrogens with zero attached hydrogens (tertiary/aromatic N) is 1. The van der Waals surface area contributed by atoms with Crippen molar-refractivity contribution in [3.63, 3.8) is 0 Å². The summed E-state index contributed by atoms with van der Waals surface area (Å²) in [5.74, 6) is 1.60. The monoisotopic (exact) mass is 381 g/mol. The van der Waals surface area contributed by atoms with Crippen LogP contribution in [0.1, 0.15) is 35.2 Å². The zero-order valence-electron chi connectivity index (χ0n) is 16.7. The fourth-order valence-corrected chi connectivity index (χ4v) is 3.45. The number of ketones is 1. The lowest BCUT2D eigenvalue weighted by Gasteiger charge is -2.28. The standard InChI is InChI=1S/C23H27NO4/c1-26-21-15-17(16-22(27-2)23(21)28-3)7-12-20(25)18-8-10-19(11-9-18)24-13-5-4-6-14-24/h7-12,15-16H,4-6,13-14H2,1-3H3/b12-7+. The second-order valence-corrected chi connectivity index (χ2v) is 6.75. The van der Waals surface area contributed by atoms with Crippen LogP contribution in [0.25, 0.3) is 6.08 Å². The minimum atomic E-state index is -0.0426. The lowest BCUT2D eigenvalue weighted by atomic mass is 10.1. The molecule has 0 bridgehead atoms. The number of hydrogen-bond acceptors (Lipinski definition) is 5. The number of rotatable bonds is 7. The third-order valence-corrected chi connectivity index (χ3v) is 4.99. The van der Waals surface area contributed by atoms with Gasteiger partial charge in [-0.25, -0.2) is 0 Å². The maximum atomic E-state index is 12.6. The molecular weight excluding hydrogens is 354 g/mol. The molecule has 1 aliphatic rings. The second kappa shape index (κ2) is 9.31. The second-order valence-electron chi connectivity index (χ2n) is 6.75. The normalized spacial score (nSPS) is 14.2. The van der Waals surface area contributed by atoms with E-state index >= 15 is 0 Å². The highest BCUT2D eigenvalue weighted by molar-refractivity contribution is 6.07. The van der Waals surface area contributed by atoms with E-state index in [0.717, 1.165) is 18.7 Å². The van der Waals surface area contributed by atoms with Crippen molar-refractivity contribution < 1.29 is 19.0 Å². The van der Waals surface area contributed by atoms with Crippen LogP contribution in [0.4, 0.5) is 5.69 Å². The van der Waals surface area contributed by atoms with Gasteiger partial charge in [0.05, 0.1) is 21.3 Å². The number of benzene rings is 2. The van der Waals surface area contributed by atoms with E-state index in [2.05, 4.69) is 4.90 Å². The van der Waals surface area contributed by atoms with Crippen molar-refractivity contribution in [2.45, 2.75) is 19.3 Å². The Morgan fingerprint density at radius 3 is 2.04 bits per heavy atom. The Labute approximate surface area is 166 Å². The van der Waals surface area contributed by atoms with Crippen LogP contribution in [0, 0.1) is 0 Å². The molecule has 148 valence electrons. The Bertz CT molecular complexity index is 811. The van der Waals surface area contributed by atoms with Gasteiger partial charge in [0.2, 0.25) is 5.75 Å². The first-order valence-electron chi connectivity index (χ1n) is 9.53. The molecule has 0 amide bonds. The Kier molecular flexibility index (Phi) is 6.58. The van der Waals surface area contributed by atoms with Crippen molar-refractivity contribution in [3.05, 3.63) is 53.6 Å². The van der Waals surface area contributed by atoms with Crippen LogP contribution < -0.4 is 19.1 Å². The fourth-order valence-electron chi connectivity index (χ4n) is 3.45. The van der Waals surface area contributed by atoms with Crippen molar-refractivity contribution in [3.8, 4) is 17.2 Å². The topological polar surface area (TPSA) is 48.0 Å². The summed E-state index contributed by atoms with van der Waals surface area (Å²) in [7, 11) is 4.70. The first-order valence-corrected chi connectivity index (χ1v) is 9.53. The number of ether oxygens (including phenoxy) is 3. The van der Waals surface area contributed by atoms with Gasteiger partial charge in [-0.05, 0) is 67.3 Å². The molecule has 0 spiro atoms. The molecule has 0 atom stereocenters. The molecule has 1 saturated heterocycles. The van der Waals surface area contributed by atoms with Gasteiger partial charge in [-0.2, -0.15) is 0 Å². The summed E-state index contributed by atoms with van der Waals surface area (Å²) in [4.78, 5) is 14.9. The molecule has 0 saturated carbocycles. The lowest BCUT2D eigenvalue weighted by molar-refractivity contribution is 0.104.